The van der Waals surface area contributed by atoms with E-state index in [0.29, 0.717) is 21.8 Å². The summed E-state index contributed by atoms with van der Waals surface area (Å²) in [6.45, 7) is 0.134. The van der Waals surface area contributed by atoms with Crippen LogP contribution in [0.3, 0.4) is 0 Å². The van der Waals surface area contributed by atoms with Gasteiger partial charge in [0.15, 0.2) is 10.7 Å². The van der Waals surface area contributed by atoms with Crippen LogP contribution >= 0.6 is 11.6 Å². The highest BCUT2D eigenvalue weighted by atomic mass is 35.5. The summed E-state index contributed by atoms with van der Waals surface area (Å²) in [5.74, 6) is -0.657. The number of rotatable bonds is 5. The summed E-state index contributed by atoms with van der Waals surface area (Å²) in [6, 6.07) is 13.8. The van der Waals surface area contributed by atoms with E-state index in [0.717, 1.165) is 5.56 Å². The van der Waals surface area contributed by atoms with E-state index in [1.807, 2.05) is 6.07 Å². The van der Waals surface area contributed by atoms with Crippen molar-refractivity contribution in [1.82, 2.24) is 9.88 Å². The van der Waals surface area contributed by atoms with Gasteiger partial charge in [-0.25, -0.2) is 8.42 Å². The molecule has 1 aliphatic heterocycles. The highest BCUT2D eigenvalue weighted by Crippen LogP contribution is 2.28. The van der Waals surface area contributed by atoms with Crippen molar-refractivity contribution in [1.29, 1.82) is 0 Å². The third kappa shape index (κ3) is 4.60. The number of nitrogens with one attached hydrogen (secondary N) is 1. The number of nitrogens with zero attached hydrogens (tertiary/aromatic N) is 2. The first-order valence-corrected chi connectivity index (χ1v) is 11.0. The predicted octanol–water partition coefficient (Wildman–Crippen LogP) is 2.91. The molecule has 0 aliphatic carbocycles. The molecule has 2 heterocycles. The summed E-state index contributed by atoms with van der Waals surface area (Å²) < 4.78 is 22.3. The first-order valence-electron chi connectivity index (χ1n) is 9.46. The van der Waals surface area contributed by atoms with Crippen molar-refractivity contribution in [3.63, 3.8) is 0 Å². The number of fused-ring (bicyclic) bond motifs is 1. The molecular formula is C22H18ClN3O4S. The first kappa shape index (κ1) is 21.0. The Morgan fingerprint density at radius 1 is 1.03 bits per heavy atom. The minimum absolute atomic E-state index is 0.134. The number of anilines is 1. The molecule has 7 nitrogen and oxygen atoms in total. The molecule has 2 amide bonds. The molecule has 0 saturated carbocycles. The Hall–Kier alpha value is -3.23. The summed E-state index contributed by atoms with van der Waals surface area (Å²) in [5, 5.41) is 3.23. The van der Waals surface area contributed by atoms with Crippen molar-refractivity contribution in [2.75, 3.05) is 5.32 Å². The molecular weight excluding hydrogens is 438 g/mol. The lowest BCUT2D eigenvalue weighted by atomic mass is 10.0. The zero-order valence-corrected chi connectivity index (χ0v) is 17.8. The Bertz CT molecular complexity index is 1210. The molecule has 158 valence electrons. The van der Waals surface area contributed by atoms with Gasteiger partial charge in [0.2, 0.25) is 5.91 Å². The highest BCUT2D eigenvalue weighted by Gasteiger charge is 2.35. The second-order valence-electron chi connectivity index (χ2n) is 7.12. The number of hydrogen-bond acceptors (Lipinski definition) is 5. The number of thiol groups is 1. The molecule has 4 rings (SSSR count). The van der Waals surface area contributed by atoms with Gasteiger partial charge in [-0.15, -0.1) is 0 Å². The van der Waals surface area contributed by atoms with Crippen LogP contribution in [0.15, 0.2) is 71.9 Å². The molecule has 0 fully saturated rings. The number of benzene rings is 2. The van der Waals surface area contributed by atoms with E-state index in [1.165, 1.54) is 17.0 Å². The van der Waals surface area contributed by atoms with Crippen LogP contribution in [0.4, 0.5) is 5.69 Å². The van der Waals surface area contributed by atoms with Crippen molar-refractivity contribution in [2.45, 2.75) is 23.9 Å². The number of carbonyl (C=O) groups excluding carboxylic acids is 2. The Balaban J connectivity index is 1.73. The van der Waals surface area contributed by atoms with E-state index in [9.17, 15) is 18.0 Å². The molecule has 31 heavy (non-hydrogen) atoms. The fourth-order valence-corrected chi connectivity index (χ4v) is 4.07. The van der Waals surface area contributed by atoms with Gasteiger partial charge < -0.3 is 10.2 Å². The Morgan fingerprint density at radius 3 is 2.48 bits per heavy atom. The molecule has 1 N–H and O–H groups in total. The lowest BCUT2D eigenvalue weighted by Crippen LogP contribution is -2.46. The minimum Gasteiger partial charge on any atom is -0.323 e. The van der Waals surface area contributed by atoms with E-state index in [1.54, 1.807) is 48.8 Å². The van der Waals surface area contributed by atoms with Gasteiger partial charge in [0.25, 0.3) is 5.91 Å². The fourth-order valence-electron chi connectivity index (χ4n) is 3.51. The normalized spacial score (nSPS) is 16.1. The van der Waals surface area contributed by atoms with Crippen molar-refractivity contribution in [3.8, 4) is 0 Å². The van der Waals surface area contributed by atoms with Crippen LogP contribution in [-0.4, -0.2) is 36.2 Å². The Morgan fingerprint density at radius 2 is 1.81 bits per heavy atom. The van der Waals surface area contributed by atoms with Gasteiger partial charge in [-0.05, 0) is 47.5 Å². The van der Waals surface area contributed by atoms with E-state index >= 15 is 0 Å². The van der Waals surface area contributed by atoms with Gasteiger partial charge in [0, 0.05) is 30.4 Å². The lowest BCUT2D eigenvalue weighted by molar-refractivity contribution is -0.120. The summed E-state index contributed by atoms with van der Waals surface area (Å²) in [4.78, 5) is 32.4. The number of aromatic nitrogens is 1. The minimum atomic E-state index is -2.69. The first-order chi connectivity index (χ1) is 14.9. The van der Waals surface area contributed by atoms with Gasteiger partial charge in [-0.2, -0.15) is 0 Å². The number of halogens is 1. The maximum atomic E-state index is 13.5. The van der Waals surface area contributed by atoms with Gasteiger partial charge in [0.05, 0.1) is 16.1 Å². The van der Waals surface area contributed by atoms with Crippen LogP contribution < -0.4 is 5.32 Å². The fraction of sp³-hybridized carbons (Fsp3) is 0.136. The Labute approximate surface area is 185 Å². The van der Waals surface area contributed by atoms with E-state index in [-0.39, 0.29) is 29.7 Å². The number of amides is 2. The van der Waals surface area contributed by atoms with E-state index in [4.69, 9.17) is 11.6 Å². The highest BCUT2D eigenvalue weighted by molar-refractivity contribution is 7.72. The smallest absolute Gasteiger partial charge is 0.256 e. The Kier molecular flexibility index (Phi) is 6.01. The average Bonchev–Trinajstić information content (AvgIpc) is 2.85. The topological polar surface area (TPSA) is 96.4 Å². The summed E-state index contributed by atoms with van der Waals surface area (Å²) >= 11 is 6.06. The molecule has 0 unspecified atom stereocenters. The summed E-state index contributed by atoms with van der Waals surface area (Å²) in [7, 11) is -2.69. The van der Waals surface area contributed by atoms with Crippen molar-refractivity contribution in [2.24, 2.45) is 0 Å². The predicted molar refractivity (Wildman–Crippen MR) is 117 cm³/mol. The van der Waals surface area contributed by atoms with Crippen LogP contribution in [0.1, 0.15) is 21.5 Å². The van der Waals surface area contributed by atoms with Gasteiger partial charge in [-0.3, -0.25) is 14.6 Å². The summed E-state index contributed by atoms with van der Waals surface area (Å²) in [6.07, 6.45) is 3.57. The molecule has 0 spiro atoms. The SMILES string of the molecule is O=C1Nc2cc(Cl)ccc2C(=O)N(Cc2ccc([SH](=O)=O)cc2)[C@@H]1Cc1cccnc1. The maximum Gasteiger partial charge on any atom is 0.256 e. The maximum absolute atomic E-state index is 13.5. The molecule has 9 heteroatoms. The van der Waals surface area contributed by atoms with Crippen molar-refractivity contribution in [3.05, 3.63) is 88.7 Å². The summed E-state index contributed by atoms with van der Waals surface area (Å²) in [5.41, 5.74) is 2.21. The number of pyridine rings is 1. The van der Waals surface area contributed by atoms with Crippen LogP contribution in [0.5, 0.6) is 0 Å². The van der Waals surface area contributed by atoms with E-state index in [2.05, 4.69) is 10.3 Å². The number of carbonyl (C=O) groups is 2. The van der Waals surface area contributed by atoms with Gasteiger partial charge in [0.1, 0.15) is 6.04 Å². The average molecular weight is 456 g/mol. The molecule has 0 saturated heterocycles. The molecule has 2 aromatic carbocycles. The lowest BCUT2D eigenvalue weighted by Gasteiger charge is -2.29. The zero-order chi connectivity index (χ0) is 22.0. The van der Waals surface area contributed by atoms with E-state index < -0.39 is 16.7 Å². The second kappa shape index (κ2) is 8.87. The third-order valence-electron chi connectivity index (χ3n) is 5.06. The molecule has 3 aromatic rings. The zero-order valence-electron chi connectivity index (χ0n) is 16.2. The van der Waals surface area contributed by atoms with Gasteiger partial charge in [-0.1, -0.05) is 29.8 Å². The molecule has 1 aromatic heterocycles. The quantitative estimate of drug-likeness (QED) is 0.577. The van der Waals surface area contributed by atoms with Crippen LogP contribution in [0.25, 0.3) is 0 Å². The standard InChI is InChI=1S/C22H18ClN3O4S/c23-16-5-8-18-19(11-16)25-21(27)20(10-15-2-1-9-24-12-15)26(22(18)28)13-14-3-6-17(7-4-14)31(29)30/h1-9,11-12,20,31H,10,13H2,(H,25,27)/t20-/m1/s1. The third-order valence-corrected chi connectivity index (χ3v) is 6.02. The number of hydrogen-bond donors (Lipinski definition) is 2. The van der Waals surface area contributed by atoms with Crippen LogP contribution in [0.2, 0.25) is 5.02 Å². The largest absolute Gasteiger partial charge is 0.323 e. The molecule has 1 aliphatic rings. The van der Waals surface area contributed by atoms with Crippen molar-refractivity contribution >= 4 is 39.8 Å². The van der Waals surface area contributed by atoms with Crippen LogP contribution in [0, 0.1) is 0 Å². The van der Waals surface area contributed by atoms with Crippen LogP contribution in [-0.2, 0) is 28.5 Å². The van der Waals surface area contributed by atoms with Gasteiger partial charge >= 0.3 is 0 Å². The molecule has 0 bridgehead atoms. The van der Waals surface area contributed by atoms with Crippen molar-refractivity contribution < 1.29 is 18.0 Å². The molecule has 0 radical (unpaired) electrons. The molecule has 1 atom stereocenters. The monoisotopic (exact) mass is 455 g/mol. The second-order valence-corrected chi connectivity index (χ2v) is 8.58.